The number of fused-ring (bicyclic) bond motifs is 1. The molecule has 0 fully saturated rings. The lowest BCUT2D eigenvalue weighted by atomic mass is 10.00. The van der Waals surface area contributed by atoms with E-state index in [1.54, 1.807) is 24.9 Å². The Morgan fingerprint density at radius 1 is 1.36 bits per heavy atom. The van der Waals surface area contributed by atoms with Crippen LogP contribution < -0.4 is 10.2 Å². The molecule has 1 aromatic carbocycles. The fourth-order valence-corrected chi connectivity index (χ4v) is 2.90. The van der Waals surface area contributed by atoms with Gasteiger partial charge in [-0.2, -0.15) is 0 Å². The molecule has 1 atom stereocenters. The summed E-state index contributed by atoms with van der Waals surface area (Å²) in [6.45, 7) is 4.41. The van der Waals surface area contributed by atoms with Gasteiger partial charge in [-0.25, -0.2) is 4.79 Å². The largest absolute Gasteiger partial charge is 0.481 e. The van der Waals surface area contributed by atoms with E-state index in [0.29, 0.717) is 25.1 Å². The highest BCUT2D eigenvalue weighted by molar-refractivity contribution is 5.97. The summed E-state index contributed by atoms with van der Waals surface area (Å²) in [4.78, 5) is 38.3. The van der Waals surface area contributed by atoms with E-state index >= 15 is 0 Å². The maximum atomic E-state index is 12.2. The van der Waals surface area contributed by atoms with Crippen molar-refractivity contribution in [1.82, 2.24) is 4.90 Å². The number of aryl methyl sites for hydroxylation is 1. The molecule has 1 unspecified atom stereocenters. The summed E-state index contributed by atoms with van der Waals surface area (Å²) in [5, 5.41) is 11.7. The highest BCUT2D eigenvalue weighted by atomic mass is 16.4. The van der Waals surface area contributed by atoms with Crippen molar-refractivity contribution in [2.75, 3.05) is 30.4 Å². The second-order valence-corrected chi connectivity index (χ2v) is 6.44. The molecule has 0 radical (unpaired) electrons. The van der Waals surface area contributed by atoms with Crippen molar-refractivity contribution >= 4 is 29.3 Å². The Morgan fingerprint density at radius 3 is 2.72 bits per heavy atom. The van der Waals surface area contributed by atoms with Crippen molar-refractivity contribution in [2.45, 2.75) is 33.1 Å². The zero-order chi connectivity index (χ0) is 18.6. The first-order chi connectivity index (χ1) is 11.8. The quantitative estimate of drug-likeness (QED) is 0.827. The minimum atomic E-state index is -0.936. The second-order valence-electron chi connectivity index (χ2n) is 6.44. The Kier molecular flexibility index (Phi) is 6.01. The molecule has 1 heterocycles. The minimum absolute atomic E-state index is 0.130. The van der Waals surface area contributed by atoms with Crippen LogP contribution in [-0.4, -0.2) is 48.1 Å². The molecule has 7 nitrogen and oxygen atoms in total. The molecule has 0 saturated heterocycles. The number of anilines is 2. The molecule has 136 valence electrons. The van der Waals surface area contributed by atoms with Crippen molar-refractivity contribution in [3.05, 3.63) is 23.8 Å². The third-order valence-electron chi connectivity index (χ3n) is 4.29. The molecule has 0 aromatic heterocycles. The fraction of sp³-hybridized carbons (Fsp3) is 0.500. The first-order valence-corrected chi connectivity index (χ1v) is 8.51. The molecule has 25 heavy (non-hydrogen) atoms. The number of benzene rings is 1. The molecule has 1 aliphatic rings. The summed E-state index contributed by atoms with van der Waals surface area (Å²) in [5.41, 5.74) is 2.58. The van der Waals surface area contributed by atoms with E-state index in [4.69, 9.17) is 5.11 Å². The zero-order valence-corrected chi connectivity index (χ0v) is 14.9. The van der Waals surface area contributed by atoms with Crippen molar-refractivity contribution in [1.29, 1.82) is 0 Å². The van der Waals surface area contributed by atoms with Gasteiger partial charge >= 0.3 is 12.0 Å². The molecule has 0 bridgehead atoms. The summed E-state index contributed by atoms with van der Waals surface area (Å²) < 4.78 is 0. The molecule has 0 saturated carbocycles. The maximum absolute atomic E-state index is 12.2. The molecular formula is C18H25N3O4. The smallest absolute Gasteiger partial charge is 0.321 e. The fourth-order valence-electron chi connectivity index (χ4n) is 2.90. The lowest BCUT2D eigenvalue weighted by Crippen LogP contribution is -2.37. The van der Waals surface area contributed by atoms with Crippen molar-refractivity contribution in [2.24, 2.45) is 5.92 Å². The van der Waals surface area contributed by atoms with E-state index in [0.717, 1.165) is 17.7 Å². The zero-order valence-electron chi connectivity index (χ0n) is 14.9. The van der Waals surface area contributed by atoms with Crippen LogP contribution in [0.3, 0.4) is 0 Å². The SMILES string of the molecule is CCCN1C(=O)CCc2cc(NC(=O)N(C)CC(C)C(=O)O)ccc21. The number of carbonyl (C=O) groups is 3. The van der Waals surface area contributed by atoms with Crippen LogP contribution in [0.5, 0.6) is 0 Å². The third kappa shape index (κ3) is 4.49. The number of carbonyl (C=O) groups excluding carboxylic acids is 2. The van der Waals surface area contributed by atoms with Crippen LogP contribution in [0.4, 0.5) is 16.2 Å². The van der Waals surface area contributed by atoms with Gasteiger partial charge in [0.2, 0.25) is 5.91 Å². The van der Waals surface area contributed by atoms with Gasteiger partial charge in [0.1, 0.15) is 0 Å². The topological polar surface area (TPSA) is 90.0 Å². The van der Waals surface area contributed by atoms with E-state index in [-0.39, 0.29) is 18.5 Å². The average Bonchev–Trinajstić information content (AvgIpc) is 2.57. The molecule has 1 aliphatic heterocycles. The van der Waals surface area contributed by atoms with Gasteiger partial charge in [-0.1, -0.05) is 13.8 Å². The van der Waals surface area contributed by atoms with Gasteiger partial charge in [0.25, 0.3) is 0 Å². The molecule has 0 aliphatic carbocycles. The standard InChI is InChI=1S/C18H25N3O4/c1-4-9-21-15-7-6-14(10-13(15)5-8-16(21)22)19-18(25)20(3)11-12(2)17(23)24/h6-7,10,12H,4-5,8-9,11H2,1-3H3,(H,19,25)(H,23,24). The number of amides is 3. The second kappa shape index (κ2) is 8.00. The van der Waals surface area contributed by atoms with Gasteiger partial charge in [-0.3, -0.25) is 9.59 Å². The minimum Gasteiger partial charge on any atom is -0.481 e. The summed E-state index contributed by atoms with van der Waals surface area (Å²) in [6.07, 6.45) is 2.01. The van der Waals surface area contributed by atoms with E-state index < -0.39 is 11.9 Å². The number of urea groups is 1. The summed E-state index contributed by atoms with van der Waals surface area (Å²) in [5.74, 6) is -1.43. The predicted octanol–water partition coefficient (Wildman–Crippen LogP) is 2.56. The highest BCUT2D eigenvalue weighted by Crippen LogP contribution is 2.30. The van der Waals surface area contributed by atoms with Crippen LogP contribution in [0.15, 0.2) is 18.2 Å². The number of hydrogen-bond donors (Lipinski definition) is 2. The average molecular weight is 347 g/mol. The number of nitrogens with zero attached hydrogens (tertiary/aromatic N) is 2. The summed E-state index contributed by atoms with van der Waals surface area (Å²) >= 11 is 0. The first-order valence-electron chi connectivity index (χ1n) is 8.51. The predicted molar refractivity (Wildman–Crippen MR) is 95.9 cm³/mol. The Hall–Kier alpha value is -2.57. The van der Waals surface area contributed by atoms with Crippen molar-refractivity contribution < 1.29 is 19.5 Å². The Bertz CT molecular complexity index is 674. The van der Waals surface area contributed by atoms with E-state index in [1.807, 2.05) is 19.1 Å². The number of carboxylic acids is 1. The molecule has 0 spiro atoms. The molecule has 1 aromatic rings. The number of nitrogens with one attached hydrogen (secondary N) is 1. The van der Waals surface area contributed by atoms with E-state index in [9.17, 15) is 14.4 Å². The Balaban J connectivity index is 2.08. The number of aliphatic carboxylic acids is 1. The number of hydrogen-bond acceptors (Lipinski definition) is 3. The molecular weight excluding hydrogens is 322 g/mol. The van der Waals surface area contributed by atoms with Gasteiger partial charge in [-0.15, -0.1) is 0 Å². The van der Waals surface area contributed by atoms with Crippen LogP contribution in [0, 0.1) is 5.92 Å². The van der Waals surface area contributed by atoms with Crippen molar-refractivity contribution in [3.8, 4) is 0 Å². The first kappa shape index (κ1) is 18.8. The van der Waals surface area contributed by atoms with Gasteiger partial charge < -0.3 is 20.2 Å². The van der Waals surface area contributed by atoms with Gasteiger partial charge in [0.15, 0.2) is 0 Å². The van der Waals surface area contributed by atoms with Gasteiger partial charge in [0.05, 0.1) is 5.92 Å². The maximum Gasteiger partial charge on any atom is 0.321 e. The monoisotopic (exact) mass is 347 g/mol. The summed E-state index contributed by atoms with van der Waals surface area (Å²) in [6, 6.07) is 5.16. The van der Waals surface area contributed by atoms with Crippen LogP contribution in [0.25, 0.3) is 0 Å². The lowest BCUT2D eigenvalue weighted by Gasteiger charge is -2.29. The highest BCUT2D eigenvalue weighted by Gasteiger charge is 2.24. The molecule has 2 rings (SSSR count). The molecule has 7 heteroatoms. The summed E-state index contributed by atoms with van der Waals surface area (Å²) in [7, 11) is 1.56. The number of carboxylic acid groups (broad SMARTS) is 1. The van der Waals surface area contributed by atoms with E-state index in [2.05, 4.69) is 5.32 Å². The molecule has 3 amide bonds. The van der Waals surface area contributed by atoms with Crippen LogP contribution >= 0.6 is 0 Å². The van der Waals surface area contributed by atoms with Crippen LogP contribution in [-0.2, 0) is 16.0 Å². The third-order valence-corrected chi connectivity index (χ3v) is 4.29. The normalized spacial score (nSPS) is 14.7. The van der Waals surface area contributed by atoms with Gasteiger partial charge in [-0.05, 0) is 36.6 Å². The van der Waals surface area contributed by atoms with Crippen LogP contribution in [0.2, 0.25) is 0 Å². The van der Waals surface area contributed by atoms with Crippen molar-refractivity contribution in [3.63, 3.8) is 0 Å². The Labute approximate surface area is 147 Å². The Morgan fingerprint density at radius 2 is 2.08 bits per heavy atom. The lowest BCUT2D eigenvalue weighted by molar-refractivity contribution is -0.141. The van der Waals surface area contributed by atoms with Gasteiger partial charge in [0, 0.05) is 37.9 Å². The molecule has 2 N–H and O–H groups in total. The van der Waals surface area contributed by atoms with Crippen LogP contribution in [0.1, 0.15) is 32.3 Å². The number of rotatable bonds is 6. The van der Waals surface area contributed by atoms with E-state index in [1.165, 1.54) is 4.90 Å².